The van der Waals surface area contributed by atoms with E-state index in [1.165, 1.54) is 31.5 Å². The maximum absolute atomic E-state index is 13.5. The summed E-state index contributed by atoms with van der Waals surface area (Å²) < 4.78 is 23.8. The van der Waals surface area contributed by atoms with E-state index in [0.717, 1.165) is 0 Å². The van der Waals surface area contributed by atoms with Gasteiger partial charge in [0.25, 0.3) is 0 Å². The van der Waals surface area contributed by atoms with Crippen molar-refractivity contribution in [1.82, 2.24) is 5.43 Å². The number of benzene rings is 2. The lowest BCUT2D eigenvalue weighted by molar-refractivity contribution is -0.143. The second-order valence-electron chi connectivity index (χ2n) is 5.55. The van der Waals surface area contributed by atoms with Gasteiger partial charge in [0.1, 0.15) is 18.0 Å². The van der Waals surface area contributed by atoms with Crippen molar-refractivity contribution in [3.63, 3.8) is 0 Å². The Balaban J connectivity index is 1.83. The Morgan fingerprint density at radius 2 is 1.93 bits per heavy atom. The SMILES string of the molecule is COC(=O)COc1ccc(C=NNC(=O)CC(=O)Nc2ccccc2F)cc1Br. The van der Waals surface area contributed by atoms with Gasteiger partial charge in [-0.15, -0.1) is 0 Å². The van der Waals surface area contributed by atoms with Crippen LogP contribution in [0.4, 0.5) is 10.1 Å². The molecule has 0 saturated carbocycles. The number of ether oxygens (including phenoxy) is 2. The van der Waals surface area contributed by atoms with Gasteiger partial charge in [0.05, 0.1) is 23.5 Å². The Morgan fingerprint density at radius 3 is 2.62 bits per heavy atom. The van der Waals surface area contributed by atoms with Gasteiger partial charge in [-0.3, -0.25) is 9.59 Å². The van der Waals surface area contributed by atoms with Crippen LogP contribution in [0.2, 0.25) is 0 Å². The van der Waals surface area contributed by atoms with Gasteiger partial charge in [-0.1, -0.05) is 12.1 Å². The zero-order chi connectivity index (χ0) is 21.2. The van der Waals surface area contributed by atoms with Crippen LogP contribution < -0.4 is 15.5 Å². The Hall–Kier alpha value is -3.27. The smallest absolute Gasteiger partial charge is 0.343 e. The summed E-state index contributed by atoms with van der Waals surface area (Å²) in [5, 5.41) is 6.07. The molecule has 152 valence electrons. The molecule has 0 aliphatic rings. The molecule has 0 aliphatic carbocycles. The number of anilines is 1. The second-order valence-corrected chi connectivity index (χ2v) is 6.41. The zero-order valence-electron chi connectivity index (χ0n) is 15.3. The van der Waals surface area contributed by atoms with Gasteiger partial charge in [0.15, 0.2) is 6.61 Å². The summed E-state index contributed by atoms with van der Waals surface area (Å²) in [6.07, 6.45) is 0.844. The van der Waals surface area contributed by atoms with E-state index in [0.29, 0.717) is 15.8 Å². The quantitative estimate of drug-likeness (QED) is 0.269. The summed E-state index contributed by atoms with van der Waals surface area (Å²) in [6.45, 7) is -0.229. The summed E-state index contributed by atoms with van der Waals surface area (Å²) in [5.41, 5.74) is 2.83. The monoisotopic (exact) mass is 465 g/mol. The van der Waals surface area contributed by atoms with E-state index in [-0.39, 0.29) is 12.3 Å². The minimum Gasteiger partial charge on any atom is -0.481 e. The van der Waals surface area contributed by atoms with Gasteiger partial charge in [-0.05, 0) is 51.8 Å². The van der Waals surface area contributed by atoms with Crippen molar-refractivity contribution in [3.8, 4) is 5.75 Å². The lowest BCUT2D eigenvalue weighted by Crippen LogP contribution is -2.24. The maximum Gasteiger partial charge on any atom is 0.343 e. The Kier molecular flexibility index (Phi) is 8.28. The van der Waals surface area contributed by atoms with Crippen molar-refractivity contribution in [2.24, 2.45) is 5.10 Å². The zero-order valence-corrected chi connectivity index (χ0v) is 16.9. The topological polar surface area (TPSA) is 106 Å². The standard InChI is InChI=1S/C19H17BrFN3O5/c1-28-19(27)11-29-16-7-6-12(8-13(16)20)10-22-24-18(26)9-17(25)23-15-5-3-2-4-14(15)21/h2-8,10H,9,11H2,1H3,(H,23,25)(H,24,26). The Labute approximate surface area is 174 Å². The predicted octanol–water partition coefficient (Wildman–Crippen LogP) is 2.62. The molecule has 0 saturated heterocycles. The molecule has 2 aromatic carbocycles. The highest BCUT2D eigenvalue weighted by Gasteiger charge is 2.11. The third kappa shape index (κ3) is 7.34. The molecule has 10 heteroatoms. The summed E-state index contributed by atoms with van der Waals surface area (Å²) in [7, 11) is 1.26. The van der Waals surface area contributed by atoms with Crippen LogP contribution in [0, 0.1) is 5.82 Å². The first-order valence-electron chi connectivity index (χ1n) is 8.24. The van der Waals surface area contributed by atoms with Crippen molar-refractivity contribution in [3.05, 3.63) is 58.3 Å². The number of nitrogens with one attached hydrogen (secondary N) is 2. The average molecular weight is 466 g/mol. The summed E-state index contributed by atoms with van der Waals surface area (Å²) >= 11 is 3.30. The number of esters is 1. The molecule has 0 fully saturated rings. The van der Waals surface area contributed by atoms with E-state index in [1.807, 2.05) is 0 Å². The highest BCUT2D eigenvalue weighted by Crippen LogP contribution is 2.25. The van der Waals surface area contributed by atoms with Crippen LogP contribution in [0.3, 0.4) is 0 Å². The molecule has 0 spiro atoms. The van der Waals surface area contributed by atoms with Gasteiger partial charge in [-0.25, -0.2) is 14.6 Å². The van der Waals surface area contributed by atoms with Crippen LogP contribution in [-0.2, 0) is 19.1 Å². The molecule has 0 unspecified atom stereocenters. The Morgan fingerprint density at radius 1 is 1.17 bits per heavy atom. The number of amides is 2. The molecular weight excluding hydrogens is 449 g/mol. The van der Waals surface area contributed by atoms with Crippen molar-refractivity contribution >= 4 is 45.6 Å². The number of hydrogen-bond donors (Lipinski definition) is 2. The van der Waals surface area contributed by atoms with Crippen LogP contribution in [0.5, 0.6) is 5.75 Å². The molecule has 2 N–H and O–H groups in total. The van der Waals surface area contributed by atoms with Crippen LogP contribution in [0.25, 0.3) is 0 Å². The number of rotatable bonds is 8. The van der Waals surface area contributed by atoms with Crippen molar-refractivity contribution in [1.29, 1.82) is 0 Å². The largest absolute Gasteiger partial charge is 0.481 e. The molecule has 29 heavy (non-hydrogen) atoms. The number of para-hydroxylation sites is 1. The molecule has 2 rings (SSSR count). The first-order chi connectivity index (χ1) is 13.9. The average Bonchev–Trinajstić information content (AvgIpc) is 2.68. The third-order valence-corrected chi connectivity index (χ3v) is 4.02. The number of carbonyl (C=O) groups is 3. The van der Waals surface area contributed by atoms with E-state index in [1.54, 1.807) is 24.3 Å². The van der Waals surface area contributed by atoms with E-state index in [9.17, 15) is 18.8 Å². The molecule has 0 atom stereocenters. The minimum atomic E-state index is -0.669. The number of hydrogen-bond acceptors (Lipinski definition) is 6. The molecule has 0 radical (unpaired) electrons. The van der Waals surface area contributed by atoms with Crippen molar-refractivity contribution in [2.75, 3.05) is 19.0 Å². The molecular formula is C19H17BrFN3O5. The molecule has 2 aromatic rings. The van der Waals surface area contributed by atoms with Gasteiger partial charge < -0.3 is 14.8 Å². The van der Waals surface area contributed by atoms with Crippen molar-refractivity contribution in [2.45, 2.75) is 6.42 Å². The first-order valence-corrected chi connectivity index (χ1v) is 9.04. The van der Waals surface area contributed by atoms with Gasteiger partial charge in [0, 0.05) is 0 Å². The number of carbonyl (C=O) groups excluding carboxylic acids is 3. The van der Waals surface area contributed by atoms with E-state index < -0.39 is 30.0 Å². The number of halogens is 2. The lowest BCUT2D eigenvalue weighted by Gasteiger charge is -2.07. The molecule has 0 heterocycles. The fourth-order valence-electron chi connectivity index (χ4n) is 2.03. The van der Waals surface area contributed by atoms with Gasteiger partial charge in [-0.2, -0.15) is 5.10 Å². The third-order valence-electron chi connectivity index (χ3n) is 3.40. The van der Waals surface area contributed by atoms with Gasteiger partial charge in [0.2, 0.25) is 11.8 Å². The summed E-state index contributed by atoms with van der Waals surface area (Å²) in [6, 6.07) is 10.6. The minimum absolute atomic E-state index is 0.00633. The number of methoxy groups -OCH3 is 1. The fourth-order valence-corrected chi connectivity index (χ4v) is 2.54. The first kappa shape index (κ1) is 22.0. The highest BCUT2D eigenvalue weighted by atomic mass is 79.9. The highest BCUT2D eigenvalue weighted by molar-refractivity contribution is 9.10. The van der Waals surface area contributed by atoms with Crippen LogP contribution >= 0.6 is 15.9 Å². The summed E-state index contributed by atoms with van der Waals surface area (Å²) in [4.78, 5) is 34.6. The Bertz CT molecular complexity index is 936. The van der Waals surface area contributed by atoms with Crippen LogP contribution in [0.15, 0.2) is 52.0 Å². The number of hydrazone groups is 1. The lowest BCUT2D eigenvalue weighted by atomic mass is 10.2. The number of nitrogens with zero attached hydrogens (tertiary/aromatic N) is 1. The second kappa shape index (κ2) is 10.9. The molecule has 0 aromatic heterocycles. The van der Waals surface area contributed by atoms with Crippen LogP contribution in [0.1, 0.15) is 12.0 Å². The van der Waals surface area contributed by atoms with Crippen LogP contribution in [-0.4, -0.2) is 37.7 Å². The van der Waals surface area contributed by atoms with E-state index in [4.69, 9.17) is 4.74 Å². The predicted molar refractivity (Wildman–Crippen MR) is 107 cm³/mol. The molecule has 2 amide bonds. The molecule has 8 nitrogen and oxygen atoms in total. The normalized spacial score (nSPS) is 10.4. The van der Waals surface area contributed by atoms with Crippen molar-refractivity contribution < 1.29 is 28.2 Å². The molecule has 0 bridgehead atoms. The molecule has 0 aliphatic heterocycles. The van der Waals surface area contributed by atoms with E-state index in [2.05, 4.69) is 36.5 Å². The van der Waals surface area contributed by atoms with E-state index >= 15 is 0 Å². The maximum atomic E-state index is 13.5. The summed E-state index contributed by atoms with van der Waals surface area (Å²) in [5.74, 6) is -2.00. The van der Waals surface area contributed by atoms with Gasteiger partial charge >= 0.3 is 5.97 Å². The fraction of sp³-hybridized carbons (Fsp3) is 0.158.